The van der Waals surface area contributed by atoms with E-state index in [2.05, 4.69) is 36.3 Å². The summed E-state index contributed by atoms with van der Waals surface area (Å²) in [5.74, 6) is 1.24. The Bertz CT molecular complexity index is 385. The van der Waals surface area contributed by atoms with Crippen molar-refractivity contribution in [1.29, 1.82) is 0 Å². The molecule has 3 nitrogen and oxygen atoms in total. The van der Waals surface area contributed by atoms with Crippen LogP contribution in [0, 0.1) is 5.92 Å². The van der Waals surface area contributed by atoms with Crippen molar-refractivity contribution in [1.82, 2.24) is 5.32 Å². The fraction of sp³-hybridized carbons (Fsp3) is 0.533. The SMILES string of the molecule is CC(C)CCNC(N)=NCCCc1ccc(Cl)cc1. The second kappa shape index (κ2) is 8.81. The molecule has 1 aromatic rings. The van der Waals surface area contributed by atoms with Gasteiger partial charge >= 0.3 is 0 Å². The molecule has 0 aliphatic carbocycles. The fourth-order valence-corrected chi connectivity index (χ4v) is 1.80. The van der Waals surface area contributed by atoms with Crippen molar-refractivity contribution in [2.75, 3.05) is 13.1 Å². The zero-order chi connectivity index (χ0) is 14.1. The van der Waals surface area contributed by atoms with Crippen LogP contribution in [0.4, 0.5) is 0 Å². The molecule has 0 aliphatic rings. The number of nitrogens with two attached hydrogens (primary N) is 1. The van der Waals surface area contributed by atoms with Gasteiger partial charge in [-0.1, -0.05) is 37.6 Å². The summed E-state index contributed by atoms with van der Waals surface area (Å²) in [6.07, 6.45) is 3.11. The van der Waals surface area contributed by atoms with Gasteiger partial charge in [-0.15, -0.1) is 0 Å². The lowest BCUT2D eigenvalue weighted by molar-refractivity contribution is 0.576. The number of nitrogens with one attached hydrogen (secondary N) is 1. The van der Waals surface area contributed by atoms with Crippen molar-refractivity contribution in [2.45, 2.75) is 33.1 Å². The maximum absolute atomic E-state index is 5.84. The van der Waals surface area contributed by atoms with Gasteiger partial charge in [-0.25, -0.2) is 0 Å². The lowest BCUT2D eigenvalue weighted by Crippen LogP contribution is -2.33. The average Bonchev–Trinajstić information content (AvgIpc) is 2.36. The molecule has 106 valence electrons. The van der Waals surface area contributed by atoms with Crippen LogP contribution in [0.3, 0.4) is 0 Å². The lowest BCUT2D eigenvalue weighted by Gasteiger charge is -2.07. The fourth-order valence-electron chi connectivity index (χ4n) is 1.68. The Kier molecular flexibility index (Phi) is 7.34. The van der Waals surface area contributed by atoms with E-state index in [0.29, 0.717) is 11.9 Å². The standard InChI is InChI=1S/C15H24ClN3/c1-12(2)9-11-19-15(17)18-10-3-4-13-5-7-14(16)8-6-13/h5-8,12H,3-4,9-11H2,1-2H3,(H3,17,18,19). The zero-order valence-corrected chi connectivity index (χ0v) is 12.6. The van der Waals surface area contributed by atoms with Crippen LogP contribution in [0.25, 0.3) is 0 Å². The Hall–Kier alpha value is -1.22. The van der Waals surface area contributed by atoms with Crippen LogP contribution < -0.4 is 11.1 Å². The van der Waals surface area contributed by atoms with Gasteiger partial charge in [0.2, 0.25) is 0 Å². The van der Waals surface area contributed by atoms with Crippen molar-refractivity contribution < 1.29 is 0 Å². The number of nitrogens with zero attached hydrogens (tertiary/aromatic N) is 1. The minimum absolute atomic E-state index is 0.553. The number of aliphatic imine (C=N–C) groups is 1. The molecule has 0 saturated heterocycles. The Morgan fingerprint density at radius 3 is 2.63 bits per heavy atom. The van der Waals surface area contributed by atoms with Gasteiger partial charge in [0.25, 0.3) is 0 Å². The van der Waals surface area contributed by atoms with E-state index in [-0.39, 0.29) is 0 Å². The van der Waals surface area contributed by atoms with Gasteiger partial charge in [0.05, 0.1) is 0 Å². The first-order valence-electron chi connectivity index (χ1n) is 6.86. The molecule has 4 heteroatoms. The van der Waals surface area contributed by atoms with Crippen molar-refractivity contribution in [3.8, 4) is 0 Å². The average molecular weight is 282 g/mol. The first kappa shape index (κ1) is 15.8. The van der Waals surface area contributed by atoms with Crippen LogP contribution in [0.1, 0.15) is 32.3 Å². The molecule has 0 atom stereocenters. The van der Waals surface area contributed by atoms with Crippen LogP contribution in [0.15, 0.2) is 29.3 Å². The Labute approximate surface area is 121 Å². The predicted octanol–water partition coefficient (Wildman–Crippen LogP) is 3.22. The molecule has 0 unspecified atom stereocenters. The molecule has 0 aromatic heterocycles. The molecular weight excluding hydrogens is 258 g/mol. The minimum Gasteiger partial charge on any atom is -0.370 e. The topological polar surface area (TPSA) is 50.4 Å². The van der Waals surface area contributed by atoms with E-state index in [1.165, 1.54) is 5.56 Å². The Morgan fingerprint density at radius 1 is 1.32 bits per heavy atom. The number of hydrogen-bond acceptors (Lipinski definition) is 1. The predicted molar refractivity (Wildman–Crippen MR) is 83.7 cm³/mol. The molecule has 0 spiro atoms. The second-order valence-corrected chi connectivity index (χ2v) is 5.54. The van der Waals surface area contributed by atoms with Crippen molar-refractivity contribution >= 4 is 17.6 Å². The van der Waals surface area contributed by atoms with Crippen molar-refractivity contribution in [2.24, 2.45) is 16.6 Å². The van der Waals surface area contributed by atoms with Crippen LogP contribution in [-0.4, -0.2) is 19.0 Å². The molecule has 3 N–H and O–H groups in total. The summed E-state index contributed by atoms with van der Waals surface area (Å²) >= 11 is 5.84. The molecule has 0 saturated carbocycles. The normalized spacial score (nSPS) is 11.9. The maximum atomic E-state index is 5.84. The molecule has 0 bridgehead atoms. The molecule has 0 radical (unpaired) electrons. The number of hydrogen-bond donors (Lipinski definition) is 2. The minimum atomic E-state index is 0.553. The maximum Gasteiger partial charge on any atom is 0.188 e. The molecule has 0 aliphatic heterocycles. The van der Waals surface area contributed by atoms with E-state index in [1.807, 2.05) is 12.1 Å². The van der Waals surface area contributed by atoms with Gasteiger partial charge in [0.15, 0.2) is 5.96 Å². The summed E-state index contributed by atoms with van der Waals surface area (Å²) in [7, 11) is 0. The molecule has 1 aromatic carbocycles. The highest BCUT2D eigenvalue weighted by molar-refractivity contribution is 6.30. The van der Waals surface area contributed by atoms with Gasteiger partial charge < -0.3 is 11.1 Å². The van der Waals surface area contributed by atoms with Gasteiger partial charge in [-0.2, -0.15) is 0 Å². The largest absolute Gasteiger partial charge is 0.370 e. The van der Waals surface area contributed by atoms with Crippen LogP contribution in [-0.2, 0) is 6.42 Å². The third-order valence-electron chi connectivity index (χ3n) is 2.85. The molecule has 0 amide bonds. The lowest BCUT2D eigenvalue weighted by atomic mass is 10.1. The molecular formula is C15H24ClN3. The summed E-state index contributed by atoms with van der Waals surface area (Å²) in [5, 5.41) is 3.91. The van der Waals surface area contributed by atoms with Gasteiger partial charge in [-0.05, 0) is 42.9 Å². The highest BCUT2D eigenvalue weighted by Crippen LogP contribution is 2.10. The van der Waals surface area contributed by atoms with E-state index in [4.69, 9.17) is 17.3 Å². The number of rotatable bonds is 7. The molecule has 19 heavy (non-hydrogen) atoms. The smallest absolute Gasteiger partial charge is 0.188 e. The molecule has 0 heterocycles. The van der Waals surface area contributed by atoms with Crippen LogP contribution >= 0.6 is 11.6 Å². The first-order valence-corrected chi connectivity index (χ1v) is 7.24. The van der Waals surface area contributed by atoms with Crippen LogP contribution in [0.2, 0.25) is 5.02 Å². The summed E-state index contributed by atoms with van der Waals surface area (Å²) < 4.78 is 0. The van der Waals surface area contributed by atoms with Crippen molar-refractivity contribution in [3.05, 3.63) is 34.9 Å². The van der Waals surface area contributed by atoms with Crippen LogP contribution in [0.5, 0.6) is 0 Å². The Morgan fingerprint density at radius 2 is 2.00 bits per heavy atom. The van der Waals surface area contributed by atoms with Gasteiger partial charge in [0.1, 0.15) is 0 Å². The number of benzene rings is 1. The Balaban J connectivity index is 2.16. The monoisotopic (exact) mass is 281 g/mol. The first-order chi connectivity index (χ1) is 9.08. The van der Waals surface area contributed by atoms with E-state index >= 15 is 0 Å². The summed E-state index contributed by atoms with van der Waals surface area (Å²) in [6, 6.07) is 7.94. The quantitative estimate of drug-likeness (QED) is 0.458. The number of aryl methyl sites for hydroxylation is 1. The molecule has 0 fully saturated rings. The number of halogens is 1. The van der Waals surface area contributed by atoms with Gasteiger partial charge in [0, 0.05) is 18.1 Å². The summed E-state index contributed by atoms with van der Waals surface area (Å²) in [6.45, 7) is 6.04. The molecule has 1 rings (SSSR count). The van der Waals surface area contributed by atoms with E-state index in [9.17, 15) is 0 Å². The second-order valence-electron chi connectivity index (χ2n) is 5.11. The highest BCUT2D eigenvalue weighted by atomic mass is 35.5. The van der Waals surface area contributed by atoms with E-state index in [1.54, 1.807) is 0 Å². The third-order valence-corrected chi connectivity index (χ3v) is 3.10. The van der Waals surface area contributed by atoms with Gasteiger partial charge in [-0.3, -0.25) is 4.99 Å². The highest BCUT2D eigenvalue weighted by Gasteiger charge is 1.96. The summed E-state index contributed by atoms with van der Waals surface area (Å²) in [5.41, 5.74) is 7.06. The third kappa shape index (κ3) is 7.73. The summed E-state index contributed by atoms with van der Waals surface area (Å²) in [4.78, 5) is 4.31. The van der Waals surface area contributed by atoms with E-state index < -0.39 is 0 Å². The van der Waals surface area contributed by atoms with E-state index in [0.717, 1.165) is 37.4 Å². The van der Waals surface area contributed by atoms with Crippen molar-refractivity contribution in [3.63, 3.8) is 0 Å². The zero-order valence-electron chi connectivity index (χ0n) is 11.8. The number of guanidine groups is 1.